The summed E-state index contributed by atoms with van der Waals surface area (Å²) in [4.78, 5) is 25.0. The number of hydrogen-bond acceptors (Lipinski definition) is 3. The van der Waals surface area contributed by atoms with Crippen LogP contribution in [0.5, 0.6) is 0 Å². The molecule has 3 aromatic rings. The number of hydrogen-bond donors (Lipinski definition) is 2. The van der Waals surface area contributed by atoms with Gasteiger partial charge in [-0.2, -0.15) is 5.10 Å². The van der Waals surface area contributed by atoms with Crippen molar-refractivity contribution in [2.24, 2.45) is 7.05 Å². The number of aryl methyl sites for hydroxylation is 1. The lowest BCUT2D eigenvalue weighted by Gasteiger charge is -2.09. The first-order valence-corrected chi connectivity index (χ1v) is 7.60. The predicted molar refractivity (Wildman–Crippen MR) is 91.9 cm³/mol. The van der Waals surface area contributed by atoms with Crippen molar-refractivity contribution in [1.82, 2.24) is 9.78 Å². The topological polar surface area (TPSA) is 76.0 Å². The van der Waals surface area contributed by atoms with E-state index in [1.54, 1.807) is 0 Å². The van der Waals surface area contributed by atoms with Gasteiger partial charge >= 0.3 is 0 Å². The van der Waals surface area contributed by atoms with Gasteiger partial charge in [0.15, 0.2) is 0 Å². The van der Waals surface area contributed by atoms with E-state index in [4.69, 9.17) is 0 Å². The molecule has 0 radical (unpaired) electrons. The first-order valence-electron chi connectivity index (χ1n) is 7.60. The molecule has 2 N–H and O–H groups in total. The molecule has 2 amide bonds. The van der Waals surface area contributed by atoms with Gasteiger partial charge in [-0.1, -0.05) is 0 Å². The van der Waals surface area contributed by atoms with Crippen molar-refractivity contribution in [1.29, 1.82) is 0 Å². The fraction of sp³-hybridized carbons (Fsp3) is 0.0556. The van der Waals surface area contributed by atoms with Crippen LogP contribution >= 0.6 is 0 Å². The maximum Gasteiger partial charge on any atom is 0.274 e. The minimum atomic E-state index is -0.569. The summed E-state index contributed by atoms with van der Waals surface area (Å²) in [5, 5.41) is 9.10. The lowest BCUT2D eigenvalue weighted by molar-refractivity contribution is 0.0985. The summed E-state index contributed by atoms with van der Waals surface area (Å²) < 4.78 is 27.2. The molecule has 0 aliphatic heterocycles. The third kappa shape index (κ3) is 3.75. The zero-order valence-electron chi connectivity index (χ0n) is 13.7. The highest BCUT2D eigenvalue weighted by Gasteiger charge is 2.22. The molecule has 0 saturated carbocycles. The van der Waals surface area contributed by atoms with Crippen molar-refractivity contribution >= 4 is 23.2 Å². The molecule has 3 rings (SSSR count). The summed E-state index contributed by atoms with van der Waals surface area (Å²) >= 11 is 0. The predicted octanol–water partition coefficient (Wildman–Crippen LogP) is 3.20. The van der Waals surface area contributed by atoms with Gasteiger partial charge < -0.3 is 10.6 Å². The summed E-state index contributed by atoms with van der Waals surface area (Å²) in [6.45, 7) is 0. The van der Waals surface area contributed by atoms with Gasteiger partial charge in [0.1, 0.15) is 17.3 Å². The molecule has 0 unspecified atom stereocenters. The average molecular weight is 356 g/mol. The molecule has 0 aliphatic rings. The van der Waals surface area contributed by atoms with Crippen LogP contribution in [0.1, 0.15) is 20.8 Å². The number of aromatic nitrogens is 2. The van der Waals surface area contributed by atoms with Crippen LogP contribution in [-0.2, 0) is 7.05 Å². The maximum atomic E-state index is 13.0. The molecule has 6 nitrogen and oxygen atoms in total. The third-order valence-corrected chi connectivity index (χ3v) is 3.60. The van der Waals surface area contributed by atoms with Gasteiger partial charge in [-0.15, -0.1) is 0 Å². The molecular weight excluding hydrogens is 342 g/mol. The fourth-order valence-electron chi connectivity index (χ4n) is 2.33. The quantitative estimate of drug-likeness (QED) is 0.754. The first-order chi connectivity index (χ1) is 12.4. The molecule has 0 aliphatic carbocycles. The van der Waals surface area contributed by atoms with E-state index in [0.717, 1.165) is 0 Å². The van der Waals surface area contributed by atoms with Crippen LogP contribution in [-0.4, -0.2) is 21.6 Å². The number of carbonyl (C=O) groups is 2. The summed E-state index contributed by atoms with van der Waals surface area (Å²) in [6, 6.07) is 10.5. The summed E-state index contributed by atoms with van der Waals surface area (Å²) in [5.41, 5.74) is 0.845. The van der Waals surface area contributed by atoms with Crippen molar-refractivity contribution in [3.05, 3.63) is 77.6 Å². The normalized spacial score (nSPS) is 10.4. The van der Waals surface area contributed by atoms with E-state index in [-0.39, 0.29) is 11.3 Å². The maximum absolute atomic E-state index is 13.0. The monoisotopic (exact) mass is 356 g/mol. The molecular formula is C18H14F2N4O2. The number of carbonyl (C=O) groups excluding carboxylic acids is 2. The first kappa shape index (κ1) is 17.3. The Morgan fingerprint density at radius 3 is 1.81 bits per heavy atom. The second-order valence-corrected chi connectivity index (χ2v) is 5.45. The number of nitrogens with one attached hydrogen (secondary N) is 2. The number of halogens is 2. The van der Waals surface area contributed by atoms with Crippen molar-refractivity contribution in [2.45, 2.75) is 0 Å². The van der Waals surface area contributed by atoms with Gasteiger partial charge in [-0.3, -0.25) is 14.3 Å². The molecule has 1 aromatic heterocycles. The highest BCUT2D eigenvalue weighted by atomic mass is 19.1. The summed E-state index contributed by atoms with van der Waals surface area (Å²) in [6.07, 6.45) is 1.26. The number of rotatable bonds is 4. The van der Waals surface area contributed by atoms with Gasteiger partial charge in [-0.05, 0) is 48.5 Å². The molecule has 0 bridgehead atoms. The van der Waals surface area contributed by atoms with E-state index in [1.807, 2.05) is 0 Å². The van der Waals surface area contributed by atoms with Crippen molar-refractivity contribution in [3.8, 4) is 0 Å². The van der Waals surface area contributed by atoms with Crippen molar-refractivity contribution in [2.75, 3.05) is 10.6 Å². The summed E-state index contributed by atoms with van der Waals surface area (Å²) in [5.74, 6) is -1.98. The number of nitrogens with zero attached hydrogens (tertiary/aromatic N) is 2. The van der Waals surface area contributed by atoms with Gasteiger partial charge in [0.05, 0.1) is 11.8 Å². The Bertz CT molecular complexity index is 950. The molecule has 0 spiro atoms. The number of anilines is 2. The van der Waals surface area contributed by atoms with Crippen molar-refractivity contribution in [3.63, 3.8) is 0 Å². The Balaban J connectivity index is 1.81. The van der Waals surface area contributed by atoms with Crippen LogP contribution in [0.3, 0.4) is 0 Å². The second-order valence-electron chi connectivity index (χ2n) is 5.45. The van der Waals surface area contributed by atoms with Crippen LogP contribution in [0.25, 0.3) is 0 Å². The minimum absolute atomic E-state index is 0.0361. The standard InChI is InChI=1S/C18H14F2N4O2/c1-24-16(18(26)23-14-8-4-12(20)5-9-14)15(10-21-24)17(25)22-13-6-2-11(19)3-7-13/h2-10H,1H3,(H,22,25)(H,23,26). The van der Waals surface area contributed by atoms with E-state index in [0.29, 0.717) is 11.4 Å². The molecule has 0 atom stereocenters. The van der Waals surface area contributed by atoms with E-state index in [1.165, 1.54) is 66.5 Å². The highest BCUT2D eigenvalue weighted by Crippen LogP contribution is 2.16. The zero-order chi connectivity index (χ0) is 18.7. The van der Waals surface area contributed by atoms with Gasteiger partial charge in [0, 0.05) is 18.4 Å². The Hall–Kier alpha value is -3.55. The molecule has 2 aromatic carbocycles. The average Bonchev–Trinajstić information content (AvgIpc) is 3.01. The Morgan fingerprint density at radius 2 is 1.31 bits per heavy atom. The van der Waals surface area contributed by atoms with Crippen molar-refractivity contribution < 1.29 is 18.4 Å². The minimum Gasteiger partial charge on any atom is -0.322 e. The zero-order valence-corrected chi connectivity index (χ0v) is 13.7. The molecule has 26 heavy (non-hydrogen) atoms. The lowest BCUT2D eigenvalue weighted by Crippen LogP contribution is -2.22. The van der Waals surface area contributed by atoms with Crippen LogP contribution in [0.15, 0.2) is 54.7 Å². The molecule has 0 saturated heterocycles. The van der Waals surface area contributed by atoms with Gasteiger partial charge in [0.2, 0.25) is 0 Å². The van der Waals surface area contributed by atoms with Crippen LogP contribution < -0.4 is 10.6 Å². The molecule has 8 heteroatoms. The Kier molecular flexibility index (Phi) is 4.74. The smallest absolute Gasteiger partial charge is 0.274 e. The number of benzene rings is 2. The number of amides is 2. The summed E-state index contributed by atoms with van der Waals surface area (Å²) in [7, 11) is 1.52. The molecule has 0 fully saturated rings. The fourth-order valence-corrected chi connectivity index (χ4v) is 2.33. The van der Waals surface area contributed by atoms with Crippen LogP contribution in [0.2, 0.25) is 0 Å². The largest absolute Gasteiger partial charge is 0.322 e. The SMILES string of the molecule is Cn1ncc(C(=O)Nc2ccc(F)cc2)c1C(=O)Nc1ccc(F)cc1. The Morgan fingerprint density at radius 1 is 0.846 bits per heavy atom. The van der Waals surface area contributed by atoms with E-state index in [2.05, 4.69) is 15.7 Å². The Labute approximate surface area is 147 Å². The van der Waals surface area contributed by atoms with Gasteiger partial charge in [-0.25, -0.2) is 8.78 Å². The van der Waals surface area contributed by atoms with Crippen LogP contribution in [0, 0.1) is 11.6 Å². The molecule has 1 heterocycles. The lowest BCUT2D eigenvalue weighted by atomic mass is 10.2. The van der Waals surface area contributed by atoms with E-state index >= 15 is 0 Å². The second kappa shape index (κ2) is 7.14. The van der Waals surface area contributed by atoms with Gasteiger partial charge in [0.25, 0.3) is 11.8 Å². The van der Waals surface area contributed by atoms with E-state index < -0.39 is 23.4 Å². The molecule has 132 valence electrons. The van der Waals surface area contributed by atoms with E-state index in [9.17, 15) is 18.4 Å². The third-order valence-electron chi connectivity index (χ3n) is 3.60. The van der Waals surface area contributed by atoms with Crippen LogP contribution in [0.4, 0.5) is 20.2 Å². The highest BCUT2D eigenvalue weighted by molar-refractivity contribution is 6.14.